The van der Waals surface area contributed by atoms with Crippen LogP contribution in [0.15, 0.2) is 23.6 Å². The monoisotopic (exact) mass is 398 g/mol. The third kappa shape index (κ3) is 4.47. The Bertz CT molecular complexity index is 753. The van der Waals surface area contributed by atoms with Crippen molar-refractivity contribution in [2.75, 3.05) is 20.3 Å². The highest BCUT2D eigenvalue weighted by molar-refractivity contribution is 7.13. The Morgan fingerprint density at radius 2 is 2.23 bits per heavy atom. The van der Waals surface area contributed by atoms with Crippen molar-refractivity contribution in [2.24, 2.45) is 0 Å². The first-order valence-corrected chi connectivity index (χ1v) is 9.22. The van der Waals surface area contributed by atoms with Crippen LogP contribution in [-0.2, 0) is 11.3 Å². The van der Waals surface area contributed by atoms with Crippen LogP contribution < -0.4 is 9.47 Å². The van der Waals surface area contributed by atoms with Crippen LogP contribution in [0.2, 0.25) is 0 Å². The molecule has 0 unspecified atom stereocenters. The van der Waals surface area contributed by atoms with Gasteiger partial charge in [0, 0.05) is 17.5 Å². The number of aliphatic carboxylic acids is 1. The SMILES string of the molecule is CCOc1ccc(-c2nc(CN3CCC[C@@H]3C(=O)O)cs2)cc1OC.Cl. The average Bonchev–Trinajstić information content (AvgIpc) is 3.25. The molecule has 0 saturated carbocycles. The Morgan fingerprint density at radius 3 is 2.92 bits per heavy atom. The van der Waals surface area contributed by atoms with E-state index in [0.29, 0.717) is 31.1 Å². The quantitative estimate of drug-likeness (QED) is 0.766. The molecular formula is C18H23ClN2O4S. The summed E-state index contributed by atoms with van der Waals surface area (Å²) in [6, 6.07) is 5.38. The normalized spacial score (nSPS) is 16.9. The summed E-state index contributed by atoms with van der Waals surface area (Å²) in [6.07, 6.45) is 1.63. The number of likely N-dealkylation sites (tertiary alicyclic amines) is 1. The fraction of sp³-hybridized carbons (Fsp3) is 0.444. The van der Waals surface area contributed by atoms with E-state index < -0.39 is 12.0 Å². The largest absolute Gasteiger partial charge is 0.493 e. The summed E-state index contributed by atoms with van der Waals surface area (Å²) in [6.45, 7) is 3.89. The van der Waals surface area contributed by atoms with Crippen LogP contribution in [0.3, 0.4) is 0 Å². The highest BCUT2D eigenvalue weighted by atomic mass is 35.5. The number of benzene rings is 1. The van der Waals surface area contributed by atoms with E-state index in [1.54, 1.807) is 18.4 Å². The van der Waals surface area contributed by atoms with Gasteiger partial charge >= 0.3 is 5.97 Å². The third-order valence-corrected chi connectivity index (χ3v) is 5.22. The number of hydrogen-bond acceptors (Lipinski definition) is 6. The fourth-order valence-electron chi connectivity index (χ4n) is 3.09. The van der Waals surface area contributed by atoms with Crippen molar-refractivity contribution in [3.05, 3.63) is 29.3 Å². The summed E-state index contributed by atoms with van der Waals surface area (Å²) < 4.78 is 10.9. The lowest BCUT2D eigenvalue weighted by Gasteiger charge is -2.19. The number of carbonyl (C=O) groups is 1. The van der Waals surface area contributed by atoms with E-state index in [1.165, 1.54) is 0 Å². The molecule has 1 fully saturated rings. The van der Waals surface area contributed by atoms with Crippen LogP contribution in [0.1, 0.15) is 25.5 Å². The van der Waals surface area contributed by atoms with Gasteiger partial charge in [-0.1, -0.05) is 0 Å². The number of halogens is 1. The van der Waals surface area contributed by atoms with Crippen LogP contribution in [0.4, 0.5) is 0 Å². The smallest absolute Gasteiger partial charge is 0.320 e. The molecule has 2 aromatic rings. The molecule has 0 amide bonds. The van der Waals surface area contributed by atoms with Crippen molar-refractivity contribution < 1.29 is 19.4 Å². The second kappa shape index (κ2) is 9.21. The van der Waals surface area contributed by atoms with Crippen LogP contribution >= 0.6 is 23.7 Å². The van der Waals surface area contributed by atoms with Crippen molar-refractivity contribution in [2.45, 2.75) is 32.4 Å². The number of nitrogens with zero attached hydrogens (tertiary/aromatic N) is 2. The molecule has 1 N–H and O–H groups in total. The first-order chi connectivity index (χ1) is 12.1. The predicted octanol–water partition coefficient (Wildman–Crippen LogP) is 3.69. The molecule has 0 radical (unpaired) electrons. The van der Waals surface area contributed by atoms with Crippen molar-refractivity contribution in [1.82, 2.24) is 9.88 Å². The number of methoxy groups -OCH3 is 1. The van der Waals surface area contributed by atoms with E-state index in [4.69, 9.17) is 9.47 Å². The first kappa shape index (κ1) is 20.5. The van der Waals surface area contributed by atoms with Crippen molar-refractivity contribution in [3.63, 3.8) is 0 Å². The lowest BCUT2D eigenvalue weighted by atomic mass is 10.2. The number of thiazole rings is 1. The second-order valence-corrected chi connectivity index (χ2v) is 6.77. The standard InChI is InChI=1S/C18H22N2O4S.ClH/c1-3-24-15-7-6-12(9-16(15)23-2)17-19-13(11-25-17)10-20-8-4-5-14(20)18(21)22;/h6-7,9,11,14H,3-5,8,10H2,1-2H3,(H,21,22);1H/t14-;/m1./s1. The Labute approximate surface area is 163 Å². The molecule has 26 heavy (non-hydrogen) atoms. The van der Waals surface area contributed by atoms with Gasteiger partial charge in [0.05, 0.1) is 19.4 Å². The Morgan fingerprint density at radius 1 is 1.42 bits per heavy atom. The Hall–Kier alpha value is -1.83. The number of aromatic nitrogens is 1. The van der Waals surface area contributed by atoms with Gasteiger partial charge in [-0.2, -0.15) is 0 Å². The lowest BCUT2D eigenvalue weighted by molar-refractivity contribution is -0.142. The molecule has 1 atom stereocenters. The van der Waals surface area contributed by atoms with Crippen LogP contribution in [0.5, 0.6) is 11.5 Å². The van der Waals surface area contributed by atoms with Gasteiger partial charge in [-0.15, -0.1) is 23.7 Å². The molecule has 0 spiro atoms. The fourth-order valence-corrected chi connectivity index (χ4v) is 3.90. The van der Waals surface area contributed by atoms with Gasteiger partial charge in [-0.3, -0.25) is 9.69 Å². The summed E-state index contributed by atoms with van der Waals surface area (Å²) in [4.78, 5) is 18.0. The van der Waals surface area contributed by atoms with Gasteiger partial charge in [0.15, 0.2) is 11.5 Å². The summed E-state index contributed by atoms with van der Waals surface area (Å²) >= 11 is 1.55. The number of rotatable bonds is 7. The molecule has 8 heteroatoms. The van der Waals surface area contributed by atoms with Crippen LogP contribution in [0.25, 0.3) is 10.6 Å². The minimum absolute atomic E-state index is 0. The summed E-state index contributed by atoms with van der Waals surface area (Å²) in [5.41, 5.74) is 1.87. The van der Waals surface area contributed by atoms with Crippen molar-refractivity contribution >= 4 is 29.7 Å². The third-order valence-electron chi connectivity index (χ3n) is 4.28. The zero-order chi connectivity index (χ0) is 17.8. The number of carboxylic acids is 1. The van der Waals surface area contributed by atoms with Gasteiger partial charge in [-0.25, -0.2) is 4.98 Å². The minimum Gasteiger partial charge on any atom is -0.493 e. The van der Waals surface area contributed by atoms with Gasteiger partial charge in [0.1, 0.15) is 11.0 Å². The number of carboxylic acid groups (broad SMARTS) is 1. The molecule has 1 aliphatic rings. The molecular weight excluding hydrogens is 376 g/mol. The molecule has 0 aliphatic carbocycles. The second-order valence-electron chi connectivity index (χ2n) is 5.91. The highest BCUT2D eigenvalue weighted by Crippen LogP contribution is 2.34. The first-order valence-electron chi connectivity index (χ1n) is 8.34. The van der Waals surface area contributed by atoms with E-state index >= 15 is 0 Å². The summed E-state index contributed by atoms with van der Waals surface area (Å²) in [5.74, 6) is 0.651. The summed E-state index contributed by atoms with van der Waals surface area (Å²) in [5, 5.41) is 12.2. The van der Waals surface area contributed by atoms with Crippen LogP contribution in [0, 0.1) is 0 Å². The van der Waals surface area contributed by atoms with Gasteiger partial charge in [0.2, 0.25) is 0 Å². The molecule has 3 rings (SSSR count). The molecule has 6 nitrogen and oxygen atoms in total. The average molecular weight is 399 g/mol. The molecule has 1 aromatic carbocycles. The Kier molecular flexibility index (Phi) is 7.25. The lowest BCUT2D eigenvalue weighted by Crippen LogP contribution is -2.35. The van der Waals surface area contributed by atoms with E-state index in [1.807, 2.05) is 35.4 Å². The maximum absolute atomic E-state index is 11.3. The topological polar surface area (TPSA) is 71.9 Å². The zero-order valence-corrected chi connectivity index (χ0v) is 16.4. The maximum atomic E-state index is 11.3. The molecule has 1 aliphatic heterocycles. The van der Waals surface area contributed by atoms with E-state index in [0.717, 1.165) is 29.2 Å². The molecule has 142 valence electrons. The molecule has 1 aromatic heterocycles. The van der Waals surface area contributed by atoms with Crippen molar-refractivity contribution in [3.8, 4) is 22.1 Å². The van der Waals surface area contributed by atoms with E-state index in [-0.39, 0.29) is 12.4 Å². The van der Waals surface area contributed by atoms with E-state index in [9.17, 15) is 9.90 Å². The van der Waals surface area contributed by atoms with E-state index in [2.05, 4.69) is 4.98 Å². The molecule has 0 bridgehead atoms. The number of hydrogen-bond donors (Lipinski definition) is 1. The highest BCUT2D eigenvalue weighted by Gasteiger charge is 2.30. The maximum Gasteiger partial charge on any atom is 0.320 e. The molecule has 1 saturated heterocycles. The minimum atomic E-state index is -0.746. The Balaban J connectivity index is 0.00000243. The zero-order valence-electron chi connectivity index (χ0n) is 14.8. The van der Waals surface area contributed by atoms with Gasteiger partial charge < -0.3 is 14.6 Å². The van der Waals surface area contributed by atoms with Crippen LogP contribution in [-0.4, -0.2) is 47.3 Å². The van der Waals surface area contributed by atoms with Gasteiger partial charge in [-0.05, 0) is 44.5 Å². The van der Waals surface area contributed by atoms with Gasteiger partial charge in [0.25, 0.3) is 0 Å². The predicted molar refractivity (Wildman–Crippen MR) is 104 cm³/mol. The number of ether oxygens (including phenoxy) is 2. The summed E-state index contributed by atoms with van der Waals surface area (Å²) in [7, 11) is 1.62. The van der Waals surface area contributed by atoms with Crippen molar-refractivity contribution in [1.29, 1.82) is 0 Å². The molecule has 2 heterocycles.